The number of anilines is 1. The highest BCUT2D eigenvalue weighted by Crippen LogP contribution is 2.13. The Bertz CT molecular complexity index is 381. The van der Waals surface area contributed by atoms with Crippen LogP contribution in [0.2, 0.25) is 0 Å². The van der Waals surface area contributed by atoms with Crippen molar-refractivity contribution in [3.63, 3.8) is 0 Å². The van der Waals surface area contributed by atoms with Crippen LogP contribution in [0.3, 0.4) is 0 Å². The number of carbonyl (C=O) groups is 2. The van der Waals surface area contributed by atoms with Gasteiger partial charge in [-0.25, -0.2) is 4.98 Å². The molecule has 0 aromatic carbocycles. The molecule has 0 radical (unpaired) electrons. The maximum atomic E-state index is 11.8. The maximum absolute atomic E-state index is 11.8. The summed E-state index contributed by atoms with van der Waals surface area (Å²) >= 11 is 0. The van der Waals surface area contributed by atoms with Crippen molar-refractivity contribution in [1.82, 2.24) is 10.3 Å². The molecule has 5 nitrogen and oxygen atoms in total. The van der Waals surface area contributed by atoms with Crippen LogP contribution in [0.4, 0.5) is 5.82 Å². The lowest BCUT2D eigenvalue weighted by Gasteiger charge is -2.21. The summed E-state index contributed by atoms with van der Waals surface area (Å²) in [4.78, 5) is 26.7. The molecule has 2 N–H and O–H groups in total. The minimum absolute atomic E-state index is 0.0156. The monoisotopic (exact) mass is 219 g/mol. The summed E-state index contributed by atoms with van der Waals surface area (Å²) in [6, 6.07) is 5.33. The van der Waals surface area contributed by atoms with Gasteiger partial charge in [0.25, 0.3) is 0 Å². The Kier molecular flexibility index (Phi) is 3.14. The van der Waals surface area contributed by atoms with Gasteiger partial charge in [-0.05, 0) is 18.6 Å². The van der Waals surface area contributed by atoms with E-state index in [0.717, 1.165) is 0 Å². The van der Waals surface area contributed by atoms with Gasteiger partial charge in [0.15, 0.2) is 0 Å². The second kappa shape index (κ2) is 4.74. The molecule has 0 aliphatic carbocycles. The fourth-order valence-corrected chi connectivity index (χ4v) is 1.62. The van der Waals surface area contributed by atoms with Gasteiger partial charge in [-0.15, -0.1) is 0 Å². The van der Waals surface area contributed by atoms with E-state index in [2.05, 4.69) is 15.6 Å². The number of nitrogens with zero attached hydrogens (tertiary/aromatic N) is 1. The molecule has 0 unspecified atom stereocenters. The Morgan fingerprint density at radius 1 is 1.50 bits per heavy atom. The number of carbonyl (C=O) groups excluding carboxylic acids is 2. The Hall–Kier alpha value is -1.91. The van der Waals surface area contributed by atoms with Crippen LogP contribution in [0.15, 0.2) is 24.4 Å². The standard InChI is InChI=1S/C11H13N3O2/c15-10-5-4-8(7-13-10)11(16)14-9-3-1-2-6-12-9/h1-3,6,8H,4-5,7H2,(H,13,15)(H,12,14,16)/t8-/m1/s1. The van der Waals surface area contributed by atoms with E-state index in [0.29, 0.717) is 25.2 Å². The molecule has 2 rings (SSSR count). The third-order valence-corrected chi connectivity index (χ3v) is 2.55. The quantitative estimate of drug-likeness (QED) is 0.762. The zero-order valence-electron chi connectivity index (χ0n) is 8.77. The van der Waals surface area contributed by atoms with E-state index in [1.165, 1.54) is 0 Å². The topological polar surface area (TPSA) is 71.1 Å². The minimum Gasteiger partial charge on any atom is -0.355 e. The van der Waals surface area contributed by atoms with Crippen molar-refractivity contribution in [2.45, 2.75) is 12.8 Å². The normalized spacial score (nSPS) is 20.0. The van der Waals surface area contributed by atoms with E-state index in [9.17, 15) is 9.59 Å². The van der Waals surface area contributed by atoms with Crippen molar-refractivity contribution < 1.29 is 9.59 Å². The van der Waals surface area contributed by atoms with E-state index in [1.807, 2.05) is 6.07 Å². The van der Waals surface area contributed by atoms with Gasteiger partial charge < -0.3 is 10.6 Å². The van der Waals surface area contributed by atoms with Gasteiger partial charge in [-0.1, -0.05) is 6.07 Å². The van der Waals surface area contributed by atoms with Gasteiger partial charge in [0.2, 0.25) is 11.8 Å². The number of pyridine rings is 1. The molecule has 1 fully saturated rings. The molecule has 1 saturated heterocycles. The summed E-state index contributed by atoms with van der Waals surface area (Å²) in [6.45, 7) is 0.414. The first-order valence-corrected chi connectivity index (χ1v) is 5.24. The second-order valence-electron chi connectivity index (χ2n) is 3.74. The molecule has 0 spiro atoms. The summed E-state index contributed by atoms with van der Waals surface area (Å²) in [6.07, 6.45) is 2.64. The molecule has 1 aliphatic heterocycles. The number of piperidine rings is 1. The van der Waals surface area contributed by atoms with Crippen molar-refractivity contribution in [3.8, 4) is 0 Å². The van der Waals surface area contributed by atoms with Gasteiger partial charge in [0.05, 0.1) is 5.92 Å². The van der Waals surface area contributed by atoms with Crippen molar-refractivity contribution in [1.29, 1.82) is 0 Å². The highest BCUT2D eigenvalue weighted by Gasteiger charge is 2.24. The lowest BCUT2D eigenvalue weighted by Crippen LogP contribution is -2.40. The summed E-state index contributed by atoms with van der Waals surface area (Å²) in [5.41, 5.74) is 0. The molecule has 0 saturated carbocycles. The van der Waals surface area contributed by atoms with Gasteiger partial charge in [-0.3, -0.25) is 9.59 Å². The third-order valence-electron chi connectivity index (χ3n) is 2.55. The van der Waals surface area contributed by atoms with Crippen LogP contribution in [0.1, 0.15) is 12.8 Å². The first-order valence-electron chi connectivity index (χ1n) is 5.24. The summed E-state index contributed by atoms with van der Waals surface area (Å²) in [5.74, 6) is 0.324. The van der Waals surface area contributed by atoms with Crippen molar-refractivity contribution in [3.05, 3.63) is 24.4 Å². The summed E-state index contributed by atoms with van der Waals surface area (Å²) in [7, 11) is 0. The molecule has 84 valence electrons. The Morgan fingerprint density at radius 3 is 3.00 bits per heavy atom. The van der Waals surface area contributed by atoms with Crippen LogP contribution in [0.5, 0.6) is 0 Å². The van der Waals surface area contributed by atoms with E-state index in [1.54, 1.807) is 18.3 Å². The van der Waals surface area contributed by atoms with Crippen LogP contribution in [0, 0.1) is 5.92 Å². The molecule has 1 aromatic heterocycles. The molecule has 2 heterocycles. The van der Waals surface area contributed by atoms with Gasteiger partial charge in [0, 0.05) is 19.2 Å². The number of amides is 2. The van der Waals surface area contributed by atoms with Crippen molar-refractivity contribution in [2.75, 3.05) is 11.9 Å². The lowest BCUT2D eigenvalue weighted by atomic mass is 9.98. The lowest BCUT2D eigenvalue weighted by molar-refractivity contribution is -0.126. The fraction of sp³-hybridized carbons (Fsp3) is 0.364. The Labute approximate surface area is 93.3 Å². The predicted molar refractivity (Wildman–Crippen MR) is 58.6 cm³/mol. The SMILES string of the molecule is O=C1CC[C@@H](C(=O)Nc2ccccn2)CN1. The van der Waals surface area contributed by atoms with Crippen LogP contribution < -0.4 is 10.6 Å². The average molecular weight is 219 g/mol. The number of nitrogens with one attached hydrogen (secondary N) is 2. The van der Waals surface area contributed by atoms with Crippen LogP contribution in [-0.4, -0.2) is 23.3 Å². The predicted octanol–water partition coefficient (Wildman–Crippen LogP) is 0.546. The zero-order chi connectivity index (χ0) is 11.4. The highest BCUT2D eigenvalue weighted by molar-refractivity contribution is 5.93. The number of hydrogen-bond acceptors (Lipinski definition) is 3. The first-order chi connectivity index (χ1) is 7.75. The summed E-state index contributed by atoms with van der Waals surface area (Å²) < 4.78 is 0. The van der Waals surface area contributed by atoms with Gasteiger partial charge in [-0.2, -0.15) is 0 Å². The molecular formula is C11H13N3O2. The highest BCUT2D eigenvalue weighted by atomic mass is 16.2. The van der Waals surface area contributed by atoms with E-state index in [-0.39, 0.29) is 17.7 Å². The van der Waals surface area contributed by atoms with Gasteiger partial charge in [0.1, 0.15) is 5.82 Å². The molecule has 1 aliphatic rings. The van der Waals surface area contributed by atoms with E-state index < -0.39 is 0 Å². The number of aromatic nitrogens is 1. The summed E-state index contributed by atoms with van der Waals surface area (Å²) in [5, 5.41) is 5.40. The Balaban J connectivity index is 1.91. The van der Waals surface area contributed by atoms with Gasteiger partial charge >= 0.3 is 0 Å². The van der Waals surface area contributed by atoms with E-state index in [4.69, 9.17) is 0 Å². The Morgan fingerprint density at radius 2 is 2.38 bits per heavy atom. The number of hydrogen-bond donors (Lipinski definition) is 2. The molecule has 2 amide bonds. The molecule has 5 heteroatoms. The fourth-order valence-electron chi connectivity index (χ4n) is 1.62. The van der Waals surface area contributed by atoms with E-state index >= 15 is 0 Å². The smallest absolute Gasteiger partial charge is 0.230 e. The maximum Gasteiger partial charge on any atom is 0.230 e. The molecule has 1 aromatic rings. The first kappa shape index (κ1) is 10.6. The second-order valence-corrected chi connectivity index (χ2v) is 3.74. The minimum atomic E-state index is -0.153. The van der Waals surface area contributed by atoms with Crippen molar-refractivity contribution in [2.24, 2.45) is 5.92 Å². The van der Waals surface area contributed by atoms with Crippen LogP contribution >= 0.6 is 0 Å². The zero-order valence-corrected chi connectivity index (χ0v) is 8.77. The largest absolute Gasteiger partial charge is 0.355 e. The van der Waals surface area contributed by atoms with Crippen LogP contribution in [-0.2, 0) is 9.59 Å². The van der Waals surface area contributed by atoms with Crippen molar-refractivity contribution >= 4 is 17.6 Å². The third kappa shape index (κ3) is 2.56. The molecule has 16 heavy (non-hydrogen) atoms. The molecule has 1 atom stereocenters. The van der Waals surface area contributed by atoms with Crippen LogP contribution in [0.25, 0.3) is 0 Å². The number of rotatable bonds is 2. The average Bonchev–Trinajstić information content (AvgIpc) is 2.31. The molecular weight excluding hydrogens is 206 g/mol. The molecule has 0 bridgehead atoms.